The number of anilines is 1. The molecule has 0 spiro atoms. The van der Waals surface area contributed by atoms with Crippen molar-refractivity contribution in [2.24, 2.45) is 5.41 Å². The molecule has 0 aliphatic rings. The van der Waals surface area contributed by atoms with Gasteiger partial charge in [0.05, 0.1) is 5.69 Å². The third-order valence-corrected chi connectivity index (χ3v) is 4.55. The maximum absolute atomic E-state index is 11.7. The number of carbonyl (C=O) groups excluding carboxylic acids is 1. The summed E-state index contributed by atoms with van der Waals surface area (Å²) in [6.45, 7) is 5.65. The van der Waals surface area contributed by atoms with Crippen molar-refractivity contribution in [1.29, 1.82) is 0 Å². The molecule has 3 nitrogen and oxygen atoms in total. The van der Waals surface area contributed by atoms with Gasteiger partial charge in [-0.1, -0.05) is 50.2 Å². The molecular formula is C20H25NO2. The van der Waals surface area contributed by atoms with Crippen LogP contribution in [0.2, 0.25) is 0 Å². The zero-order chi connectivity index (χ0) is 16.9. The lowest BCUT2D eigenvalue weighted by Crippen LogP contribution is -2.22. The Morgan fingerprint density at radius 2 is 1.78 bits per heavy atom. The summed E-state index contributed by atoms with van der Waals surface area (Å²) in [4.78, 5) is 11.7. The van der Waals surface area contributed by atoms with E-state index < -0.39 is 0 Å². The van der Waals surface area contributed by atoms with Gasteiger partial charge >= 0.3 is 0 Å². The summed E-state index contributed by atoms with van der Waals surface area (Å²) in [5, 5.41) is 9.16. The van der Waals surface area contributed by atoms with E-state index in [1.807, 2.05) is 50.2 Å². The van der Waals surface area contributed by atoms with Gasteiger partial charge in [-0.3, -0.25) is 15.5 Å². The highest BCUT2D eigenvalue weighted by molar-refractivity contribution is 5.81. The van der Waals surface area contributed by atoms with E-state index in [-0.39, 0.29) is 11.2 Å². The van der Waals surface area contributed by atoms with Gasteiger partial charge in [-0.05, 0) is 55.0 Å². The zero-order valence-electron chi connectivity index (χ0n) is 14.1. The predicted molar refractivity (Wildman–Crippen MR) is 93.9 cm³/mol. The van der Waals surface area contributed by atoms with Gasteiger partial charge < -0.3 is 0 Å². The van der Waals surface area contributed by atoms with E-state index in [2.05, 4.69) is 17.6 Å². The second-order valence-corrected chi connectivity index (χ2v) is 6.70. The van der Waals surface area contributed by atoms with Crippen LogP contribution in [0, 0.1) is 5.41 Å². The number of carbonyl (C=O) groups is 1. The molecule has 0 aromatic heterocycles. The second kappa shape index (κ2) is 7.42. The molecule has 122 valence electrons. The number of ketones is 1. The summed E-state index contributed by atoms with van der Waals surface area (Å²) >= 11 is 0. The first-order chi connectivity index (χ1) is 10.9. The van der Waals surface area contributed by atoms with Crippen LogP contribution in [-0.4, -0.2) is 11.0 Å². The molecule has 0 amide bonds. The van der Waals surface area contributed by atoms with Crippen molar-refractivity contribution in [2.75, 3.05) is 5.48 Å². The standard InChI is InChI=1S/C20H25NO2/c1-15(22)20(2,3)12-11-17-9-10-19(21-23)14-18(17)13-16-7-5-4-6-8-16/h4-10,14,21,23H,11-13H2,1-3H3. The lowest BCUT2D eigenvalue weighted by molar-refractivity contribution is -0.125. The van der Waals surface area contributed by atoms with Crippen LogP contribution < -0.4 is 5.48 Å². The Balaban J connectivity index is 2.23. The molecule has 0 saturated carbocycles. The molecule has 0 radical (unpaired) electrons. The van der Waals surface area contributed by atoms with Crippen LogP contribution in [0.15, 0.2) is 48.5 Å². The van der Waals surface area contributed by atoms with Crippen molar-refractivity contribution < 1.29 is 10.0 Å². The lowest BCUT2D eigenvalue weighted by Gasteiger charge is -2.22. The Labute approximate surface area is 138 Å². The zero-order valence-corrected chi connectivity index (χ0v) is 14.1. The van der Waals surface area contributed by atoms with E-state index in [4.69, 9.17) is 5.21 Å². The smallest absolute Gasteiger partial charge is 0.135 e. The highest BCUT2D eigenvalue weighted by Gasteiger charge is 2.23. The first kappa shape index (κ1) is 17.2. The third-order valence-electron chi connectivity index (χ3n) is 4.55. The quantitative estimate of drug-likeness (QED) is 0.733. The number of rotatable bonds is 7. The Kier molecular flexibility index (Phi) is 5.56. The molecule has 23 heavy (non-hydrogen) atoms. The van der Waals surface area contributed by atoms with Crippen molar-refractivity contribution in [3.8, 4) is 0 Å². The van der Waals surface area contributed by atoms with Crippen LogP contribution in [0.25, 0.3) is 0 Å². The summed E-state index contributed by atoms with van der Waals surface area (Å²) in [6, 6.07) is 16.1. The predicted octanol–water partition coefficient (Wildman–Crippen LogP) is 4.63. The van der Waals surface area contributed by atoms with Crippen LogP contribution >= 0.6 is 0 Å². The fraction of sp³-hybridized carbons (Fsp3) is 0.350. The first-order valence-electron chi connectivity index (χ1n) is 7.99. The summed E-state index contributed by atoms with van der Waals surface area (Å²) in [5.74, 6) is 0.218. The number of benzene rings is 2. The molecule has 0 aliphatic carbocycles. The molecule has 0 fully saturated rings. The first-order valence-corrected chi connectivity index (χ1v) is 7.99. The molecule has 2 N–H and O–H groups in total. The Morgan fingerprint density at radius 3 is 2.39 bits per heavy atom. The van der Waals surface area contributed by atoms with E-state index in [0.29, 0.717) is 5.69 Å². The van der Waals surface area contributed by atoms with Crippen molar-refractivity contribution in [3.05, 3.63) is 65.2 Å². The topological polar surface area (TPSA) is 49.3 Å². The van der Waals surface area contributed by atoms with Crippen molar-refractivity contribution >= 4 is 11.5 Å². The van der Waals surface area contributed by atoms with E-state index in [1.54, 1.807) is 6.92 Å². The monoisotopic (exact) mass is 311 g/mol. The highest BCUT2D eigenvalue weighted by Crippen LogP contribution is 2.27. The van der Waals surface area contributed by atoms with Crippen LogP contribution in [0.4, 0.5) is 5.69 Å². The summed E-state index contributed by atoms with van der Waals surface area (Å²) < 4.78 is 0. The lowest BCUT2D eigenvalue weighted by atomic mass is 9.82. The SMILES string of the molecule is CC(=O)C(C)(C)CCc1ccc(NO)cc1Cc1ccccc1. The van der Waals surface area contributed by atoms with Crippen molar-refractivity contribution in [2.45, 2.75) is 40.0 Å². The van der Waals surface area contributed by atoms with Gasteiger partial charge in [-0.15, -0.1) is 0 Å². The molecule has 0 atom stereocenters. The van der Waals surface area contributed by atoms with Crippen molar-refractivity contribution in [1.82, 2.24) is 0 Å². The number of Topliss-reactive ketones (excluding diaryl/α,β-unsaturated/α-hetero) is 1. The van der Waals surface area contributed by atoms with Gasteiger partial charge in [0.15, 0.2) is 0 Å². The molecule has 0 saturated heterocycles. The fourth-order valence-corrected chi connectivity index (χ4v) is 2.54. The van der Waals surface area contributed by atoms with Gasteiger partial charge in [0.2, 0.25) is 0 Å². The van der Waals surface area contributed by atoms with Gasteiger partial charge in [0.1, 0.15) is 5.78 Å². The minimum absolute atomic E-state index is 0.218. The molecule has 2 aromatic rings. The molecule has 2 aromatic carbocycles. The van der Waals surface area contributed by atoms with E-state index in [1.165, 1.54) is 16.7 Å². The average Bonchev–Trinajstić information content (AvgIpc) is 2.54. The maximum Gasteiger partial charge on any atom is 0.135 e. The van der Waals surface area contributed by atoms with Crippen LogP contribution in [0.1, 0.15) is 43.9 Å². The molecule has 0 bridgehead atoms. The van der Waals surface area contributed by atoms with Crippen LogP contribution in [0.5, 0.6) is 0 Å². The third kappa shape index (κ3) is 4.67. The van der Waals surface area contributed by atoms with Gasteiger partial charge in [0.25, 0.3) is 0 Å². The summed E-state index contributed by atoms with van der Waals surface area (Å²) in [7, 11) is 0. The number of hydrogen-bond donors (Lipinski definition) is 2. The largest absolute Gasteiger partial charge is 0.299 e. The molecule has 2 rings (SSSR count). The molecular weight excluding hydrogens is 286 g/mol. The Hall–Kier alpha value is -2.13. The number of nitrogens with one attached hydrogen (secondary N) is 1. The van der Waals surface area contributed by atoms with Crippen LogP contribution in [-0.2, 0) is 17.6 Å². The normalized spacial score (nSPS) is 11.3. The van der Waals surface area contributed by atoms with Crippen LogP contribution in [0.3, 0.4) is 0 Å². The summed E-state index contributed by atoms with van der Waals surface area (Å²) in [6.07, 6.45) is 2.47. The van der Waals surface area contributed by atoms with E-state index in [0.717, 1.165) is 19.3 Å². The fourth-order valence-electron chi connectivity index (χ4n) is 2.54. The second-order valence-electron chi connectivity index (χ2n) is 6.70. The summed E-state index contributed by atoms with van der Waals surface area (Å²) in [5.41, 5.74) is 6.23. The molecule has 0 aliphatic heterocycles. The van der Waals surface area contributed by atoms with Crippen molar-refractivity contribution in [3.63, 3.8) is 0 Å². The Morgan fingerprint density at radius 1 is 1.09 bits per heavy atom. The van der Waals surface area contributed by atoms with E-state index in [9.17, 15) is 4.79 Å². The van der Waals surface area contributed by atoms with Gasteiger partial charge in [-0.25, -0.2) is 0 Å². The Bertz CT molecular complexity index is 663. The van der Waals surface area contributed by atoms with Gasteiger partial charge in [0, 0.05) is 5.41 Å². The van der Waals surface area contributed by atoms with E-state index >= 15 is 0 Å². The molecule has 0 heterocycles. The highest BCUT2D eigenvalue weighted by atomic mass is 16.5. The van der Waals surface area contributed by atoms with Gasteiger partial charge in [-0.2, -0.15) is 0 Å². The number of aryl methyl sites for hydroxylation is 1. The minimum atomic E-state index is -0.308. The number of hydrogen-bond acceptors (Lipinski definition) is 3. The minimum Gasteiger partial charge on any atom is -0.299 e. The maximum atomic E-state index is 11.7. The average molecular weight is 311 g/mol. The molecule has 0 unspecified atom stereocenters. The molecule has 3 heteroatoms.